The fraction of sp³-hybridized carbons (Fsp3) is 0.267. The van der Waals surface area contributed by atoms with Gasteiger partial charge in [0.25, 0.3) is 0 Å². The van der Waals surface area contributed by atoms with E-state index in [1.165, 1.54) is 0 Å². The molecule has 0 radical (unpaired) electrons. The Morgan fingerprint density at radius 1 is 1.26 bits per heavy atom. The maximum absolute atomic E-state index is 6.26. The highest BCUT2D eigenvalue weighted by atomic mass is 35.5. The summed E-state index contributed by atoms with van der Waals surface area (Å²) in [6.07, 6.45) is 5.54. The third-order valence-electron chi connectivity index (χ3n) is 3.61. The molecule has 0 saturated heterocycles. The molecule has 0 amide bonds. The topological polar surface area (TPSA) is 74.5 Å². The molecule has 0 aliphatic rings. The van der Waals surface area contributed by atoms with Gasteiger partial charge in [-0.1, -0.05) is 34.5 Å². The molecule has 2 aromatic heterocycles. The lowest BCUT2D eigenvalue weighted by atomic mass is 10.1. The Balaban J connectivity index is 1.78. The van der Waals surface area contributed by atoms with Gasteiger partial charge in [0, 0.05) is 28.4 Å². The van der Waals surface area contributed by atoms with Crippen LogP contribution in [0.4, 0.5) is 0 Å². The molecule has 1 aromatic carbocycles. The van der Waals surface area contributed by atoms with Gasteiger partial charge < -0.3 is 5.73 Å². The minimum absolute atomic E-state index is 0.0433. The van der Waals surface area contributed by atoms with Crippen LogP contribution in [0.3, 0.4) is 0 Å². The number of halogens is 2. The minimum atomic E-state index is -0.0433. The molecule has 0 saturated carbocycles. The molecule has 2 heterocycles. The van der Waals surface area contributed by atoms with Crippen molar-refractivity contribution in [3.05, 3.63) is 63.7 Å². The SMILES string of the molecule is CC(c1ccc(Cl)cc1Cl)n1cc(Cn2cc(CN)cn2)nn1. The highest BCUT2D eigenvalue weighted by Crippen LogP contribution is 2.28. The Morgan fingerprint density at radius 2 is 2.09 bits per heavy atom. The first-order valence-electron chi connectivity index (χ1n) is 7.14. The molecule has 2 N–H and O–H groups in total. The summed E-state index contributed by atoms with van der Waals surface area (Å²) in [5.74, 6) is 0. The van der Waals surface area contributed by atoms with Gasteiger partial charge in [0.15, 0.2) is 0 Å². The zero-order chi connectivity index (χ0) is 16.4. The van der Waals surface area contributed by atoms with E-state index in [0.29, 0.717) is 23.1 Å². The van der Waals surface area contributed by atoms with Gasteiger partial charge in [0.05, 0.1) is 25.0 Å². The van der Waals surface area contributed by atoms with E-state index in [2.05, 4.69) is 15.4 Å². The normalized spacial score (nSPS) is 12.5. The lowest BCUT2D eigenvalue weighted by molar-refractivity contribution is 0.543. The van der Waals surface area contributed by atoms with E-state index in [-0.39, 0.29) is 6.04 Å². The van der Waals surface area contributed by atoms with Crippen LogP contribution in [0.25, 0.3) is 0 Å². The van der Waals surface area contributed by atoms with Crippen LogP contribution in [0.1, 0.15) is 29.8 Å². The van der Waals surface area contributed by atoms with Crippen LogP contribution in [0.15, 0.2) is 36.8 Å². The van der Waals surface area contributed by atoms with Crippen molar-refractivity contribution in [2.24, 2.45) is 5.73 Å². The maximum Gasteiger partial charge on any atom is 0.104 e. The number of nitrogens with zero attached hydrogens (tertiary/aromatic N) is 5. The second-order valence-corrected chi connectivity index (χ2v) is 6.13. The van der Waals surface area contributed by atoms with Crippen molar-refractivity contribution >= 4 is 23.2 Å². The molecular weight excluding hydrogens is 335 g/mol. The quantitative estimate of drug-likeness (QED) is 0.767. The molecule has 0 spiro atoms. The van der Waals surface area contributed by atoms with Gasteiger partial charge in [-0.05, 0) is 24.6 Å². The molecular formula is C15H16Cl2N6. The van der Waals surface area contributed by atoms with E-state index in [1.54, 1.807) is 21.6 Å². The van der Waals surface area contributed by atoms with Gasteiger partial charge in [0.1, 0.15) is 5.69 Å². The summed E-state index contributed by atoms with van der Waals surface area (Å²) in [5.41, 5.74) is 8.32. The lowest BCUT2D eigenvalue weighted by Gasteiger charge is -2.13. The van der Waals surface area contributed by atoms with Crippen LogP contribution in [-0.4, -0.2) is 24.8 Å². The first-order chi connectivity index (χ1) is 11.1. The zero-order valence-electron chi connectivity index (χ0n) is 12.5. The lowest BCUT2D eigenvalue weighted by Crippen LogP contribution is -2.08. The average Bonchev–Trinajstić information content (AvgIpc) is 3.16. The molecule has 1 atom stereocenters. The fourth-order valence-corrected chi connectivity index (χ4v) is 2.89. The van der Waals surface area contributed by atoms with Gasteiger partial charge in [-0.15, -0.1) is 5.10 Å². The largest absolute Gasteiger partial charge is 0.326 e. The molecule has 1 unspecified atom stereocenters. The zero-order valence-corrected chi connectivity index (χ0v) is 14.0. The van der Waals surface area contributed by atoms with Crippen LogP contribution in [0, 0.1) is 0 Å². The first-order valence-corrected chi connectivity index (χ1v) is 7.89. The predicted octanol–water partition coefficient (Wildman–Crippen LogP) is 2.90. The molecule has 3 rings (SSSR count). The van der Waals surface area contributed by atoms with E-state index >= 15 is 0 Å². The molecule has 0 aliphatic carbocycles. The van der Waals surface area contributed by atoms with E-state index < -0.39 is 0 Å². The van der Waals surface area contributed by atoms with Crippen molar-refractivity contribution in [2.75, 3.05) is 0 Å². The van der Waals surface area contributed by atoms with Crippen molar-refractivity contribution in [1.29, 1.82) is 0 Å². The van der Waals surface area contributed by atoms with Crippen LogP contribution >= 0.6 is 23.2 Å². The standard InChI is InChI=1S/C15H16Cl2N6/c1-10(14-3-2-12(16)4-15(14)17)23-9-13(20-21-23)8-22-7-11(5-18)6-19-22/h2-4,6-7,9-10H,5,8,18H2,1H3. The summed E-state index contributed by atoms with van der Waals surface area (Å²) in [4.78, 5) is 0. The molecule has 3 aromatic rings. The molecule has 23 heavy (non-hydrogen) atoms. The van der Waals surface area contributed by atoms with E-state index in [1.807, 2.05) is 31.5 Å². The molecule has 8 heteroatoms. The summed E-state index contributed by atoms with van der Waals surface area (Å²) >= 11 is 12.2. The predicted molar refractivity (Wildman–Crippen MR) is 89.5 cm³/mol. The van der Waals surface area contributed by atoms with E-state index in [4.69, 9.17) is 28.9 Å². The molecule has 120 valence electrons. The number of aromatic nitrogens is 5. The van der Waals surface area contributed by atoms with Crippen molar-refractivity contribution < 1.29 is 0 Å². The Labute approximate surface area is 143 Å². The molecule has 6 nitrogen and oxygen atoms in total. The van der Waals surface area contributed by atoms with Crippen molar-refractivity contribution in [3.8, 4) is 0 Å². The van der Waals surface area contributed by atoms with Crippen LogP contribution in [0.2, 0.25) is 10.0 Å². The second-order valence-electron chi connectivity index (χ2n) is 5.28. The van der Waals surface area contributed by atoms with Gasteiger partial charge in [0.2, 0.25) is 0 Å². The third kappa shape index (κ3) is 3.55. The number of benzene rings is 1. The van der Waals surface area contributed by atoms with Gasteiger partial charge in [-0.25, -0.2) is 4.68 Å². The summed E-state index contributed by atoms with van der Waals surface area (Å²) in [5, 5.41) is 13.8. The van der Waals surface area contributed by atoms with Crippen molar-refractivity contribution in [3.63, 3.8) is 0 Å². The summed E-state index contributed by atoms with van der Waals surface area (Å²) in [6.45, 7) is 3.02. The Kier molecular flexibility index (Phi) is 4.66. The molecule has 0 bridgehead atoms. The fourth-order valence-electron chi connectivity index (χ4n) is 2.32. The maximum atomic E-state index is 6.26. The number of nitrogens with two attached hydrogens (primary N) is 1. The highest BCUT2D eigenvalue weighted by Gasteiger charge is 2.14. The molecule has 0 fully saturated rings. The highest BCUT2D eigenvalue weighted by molar-refractivity contribution is 6.35. The smallest absolute Gasteiger partial charge is 0.104 e. The van der Waals surface area contributed by atoms with Crippen LogP contribution in [0.5, 0.6) is 0 Å². The monoisotopic (exact) mass is 350 g/mol. The number of hydrogen-bond acceptors (Lipinski definition) is 4. The van der Waals surface area contributed by atoms with Crippen LogP contribution in [-0.2, 0) is 13.1 Å². The summed E-state index contributed by atoms with van der Waals surface area (Å²) in [6, 6.07) is 5.40. The second kappa shape index (κ2) is 6.70. The van der Waals surface area contributed by atoms with Gasteiger partial charge >= 0.3 is 0 Å². The Bertz CT molecular complexity index is 810. The molecule has 0 aliphatic heterocycles. The van der Waals surface area contributed by atoms with Gasteiger partial charge in [-0.3, -0.25) is 4.68 Å². The number of hydrogen-bond donors (Lipinski definition) is 1. The third-order valence-corrected chi connectivity index (χ3v) is 4.18. The van der Waals surface area contributed by atoms with E-state index in [9.17, 15) is 0 Å². The first kappa shape index (κ1) is 16.0. The number of rotatable bonds is 5. The van der Waals surface area contributed by atoms with Gasteiger partial charge in [-0.2, -0.15) is 5.10 Å². The summed E-state index contributed by atoms with van der Waals surface area (Å²) in [7, 11) is 0. The van der Waals surface area contributed by atoms with Crippen molar-refractivity contribution in [2.45, 2.75) is 26.1 Å². The minimum Gasteiger partial charge on any atom is -0.326 e. The summed E-state index contributed by atoms with van der Waals surface area (Å²) < 4.78 is 3.56. The Hall–Kier alpha value is -1.89. The average molecular weight is 351 g/mol. The van der Waals surface area contributed by atoms with Crippen LogP contribution < -0.4 is 5.73 Å². The van der Waals surface area contributed by atoms with Crippen molar-refractivity contribution in [1.82, 2.24) is 24.8 Å². The Morgan fingerprint density at radius 3 is 2.78 bits per heavy atom. The van der Waals surface area contributed by atoms with E-state index in [0.717, 1.165) is 16.8 Å².